The normalized spacial score (nSPS) is 15.6. The van der Waals surface area contributed by atoms with E-state index in [0.29, 0.717) is 5.92 Å². The first-order valence-corrected chi connectivity index (χ1v) is 9.19. The maximum Gasteiger partial charge on any atom is 0.134 e. The second-order valence-corrected chi connectivity index (χ2v) is 6.81. The van der Waals surface area contributed by atoms with Crippen molar-refractivity contribution in [1.29, 1.82) is 0 Å². The van der Waals surface area contributed by atoms with Crippen LogP contribution in [0.2, 0.25) is 0 Å². The number of imidazole rings is 1. The largest absolute Gasteiger partial charge is 0.495 e. The molecule has 0 amide bonds. The predicted molar refractivity (Wildman–Crippen MR) is 106 cm³/mol. The number of benzene rings is 2. The number of aromatic nitrogens is 2. The predicted octanol–water partition coefficient (Wildman–Crippen LogP) is 3.51. The minimum absolute atomic E-state index is 0.243. The summed E-state index contributed by atoms with van der Waals surface area (Å²) in [5.74, 6) is 8.60. The lowest BCUT2D eigenvalue weighted by Gasteiger charge is -2.21. The van der Waals surface area contributed by atoms with Gasteiger partial charge in [0.25, 0.3) is 0 Å². The monoisotopic (exact) mass is 358 g/mol. The maximum absolute atomic E-state index is 9.38. The number of hydrogen-bond donors (Lipinski definition) is 1. The number of hydrogen-bond acceptors (Lipinski definition) is 3. The van der Waals surface area contributed by atoms with Gasteiger partial charge in [-0.05, 0) is 30.7 Å². The fourth-order valence-corrected chi connectivity index (χ4v) is 3.41. The molecule has 0 saturated heterocycles. The fraction of sp³-hybridized carbons (Fsp3) is 0.261. The molecule has 2 aromatic carbocycles. The van der Waals surface area contributed by atoms with E-state index in [0.717, 1.165) is 53.3 Å². The molecule has 1 atom stereocenters. The molecule has 1 unspecified atom stereocenters. The Bertz CT molecular complexity index is 993. The van der Waals surface area contributed by atoms with Crippen LogP contribution in [-0.2, 0) is 13.0 Å². The summed E-state index contributed by atoms with van der Waals surface area (Å²) in [6, 6.07) is 15.9. The number of fused-ring (bicyclic) bond motifs is 1. The molecule has 0 fully saturated rings. The summed E-state index contributed by atoms with van der Waals surface area (Å²) < 4.78 is 7.51. The lowest BCUT2D eigenvalue weighted by molar-refractivity contribution is 0.190. The molecule has 0 bridgehead atoms. The molecule has 1 N–H and O–H groups in total. The zero-order valence-corrected chi connectivity index (χ0v) is 15.4. The summed E-state index contributed by atoms with van der Waals surface area (Å²) in [6.45, 7) is 1.09. The van der Waals surface area contributed by atoms with Gasteiger partial charge in [0.05, 0.1) is 18.4 Å². The van der Waals surface area contributed by atoms with Crippen LogP contribution in [0.1, 0.15) is 23.4 Å². The van der Waals surface area contributed by atoms with Crippen LogP contribution in [0.5, 0.6) is 5.75 Å². The van der Waals surface area contributed by atoms with E-state index in [2.05, 4.69) is 34.7 Å². The van der Waals surface area contributed by atoms with E-state index >= 15 is 0 Å². The van der Waals surface area contributed by atoms with Gasteiger partial charge >= 0.3 is 0 Å². The van der Waals surface area contributed by atoms with Crippen molar-refractivity contribution in [2.75, 3.05) is 13.7 Å². The summed E-state index contributed by atoms with van der Waals surface area (Å²) in [5, 5.41) is 9.38. The minimum atomic E-state index is 0.243. The highest BCUT2D eigenvalue weighted by Crippen LogP contribution is 2.25. The number of nitrogens with zero attached hydrogens (tertiary/aromatic N) is 2. The molecule has 1 aromatic heterocycles. The van der Waals surface area contributed by atoms with Gasteiger partial charge in [-0.1, -0.05) is 36.1 Å². The molecular formula is C23H22N2O2. The van der Waals surface area contributed by atoms with Crippen molar-refractivity contribution in [2.24, 2.45) is 5.92 Å². The molecule has 0 spiro atoms. The highest BCUT2D eigenvalue weighted by molar-refractivity contribution is 5.61. The Morgan fingerprint density at radius 2 is 1.96 bits per heavy atom. The maximum atomic E-state index is 9.38. The number of ether oxygens (including phenoxy) is 1. The van der Waals surface area contributed by atoms with Crippen molar-refractivity contribution >= 4 is 0 Å². The molecule has 3 aromatic rings. The first-order valence-electron chi connectivity index (χ1n) is 9.19. The van der Waals surface area contributed by atoms with Crippen LogP contribution >= 0.6 is 0 Å². The van der Waals surface area contributed by atoms with Gasteiger partial charge in [0.15, 0.2) is 0 Å². The molecule has 136 valence electrons. The lowest BCUT2D eigenvalue weighted by atomic mass is 10.0. The highest BCUT2D eigenvalue weighted by atomic mass is 16.5. The van der Waals surface area contributed by atoms with Gasteiger partial charge in [-0.25, -0.2) is 4.98 Å². The third kappa shape index (κ3) is 3.74. The van der Waals surface area contributed by atoms with Crippen molar-refractivity contribution in [3.63, 3.8) is 0 Å². The highest BCUT2D eigenvalue weighted by Gasteiger charge is 2.20. The van der Waals surface area contributed by atoms with Crippen LogP contribution in [0.25, 0.3) is 11.3 Å². The average molecular weight is 358 g/mol. The average Bonchev–Trinajstić information content (AvgIpc) is 3.16. The number of methoxy groups -OCH3 is 1. The minimum Gasteiger partial charge on any atom is -0.495 e. The van der Waals surface area contributed by atoms with Gasteiger partial charge in [0.1, 0.15) is 11.6 Å². The van der Waals surface area contributed by atoms with Crippen LogP contribution in [0.4, 0.5) is 0 Å². The zero-order valence-electron chi connectivity index (χ0n) is 15.4. The van der Waals surface area contributed by atoms with E-state index < -0.39 is 0 Å². The van der Waals surface area contributed by atoms with Crippen molar-refractivity contribution in [3.05, 3.63) is 71.7 Å². The summed E-state index contributed by atoms with van der Waals surface area (Å²) in [5.41, 5.74) is 3.89. The van der Waals surface area contributed by atoms with Gasteiger partial charge in [0, 0.05) is 42.8 Å². The Morgan fingerprint density at radius 3 is 2.74 bits per heavy atom. The van der Waals surface area contributed by atoms with Crippen molar-refractivity contribution in [2.45, 2.75) is 19.4 Å². The standard InChI is InChI=1S/C23H22N2O2/c1-27-22-5-3-2-4-20(22)12-8-17-6-10-19(11-7-17)21-15-25-14-18(16-26)9-13-23(25)24-21/h2-7,10-11,15,18,26H,9,13-14,16H2,1H3. The van der Waals surface area contributed by atoms with E-state index in [1.165, 1.54) is 0 Å². The molecule has 27 heavy (non-hydrogen) atoms. The third-order valence-corrected chi connectivity index (χ3v) is 4.98. The SMILES string of the molecule is COc1ccccc1C#Cc1ccc(-c2cn3c(n2)CCC(CO)C3)cc1. The smallest absolute Gasteiger partial charge is 0.134 e. The second-order valence-electron chi connectivity index (χ2n) is 6.81. The van der Waals surface area contributed by atoms with E-state index in [4.69, 9.17) is 9.72 Å². The molecule has 0 saturated carbocycles. The Hall–Kier alpha value is -3.03. The molecule has 1 aliphatic heterocycles. The van der Waals surface area contributed by atoms with Crippen LogP contribution in [0, 0.1) is 17.8 Å². The van der Waals surface area contributed by atoms with Crippen LogP contribution in [0.15, 0.2) is 54.7 Å². The number of aliphatic hydroxyl groups excluding tert-OH is 1. The summed E-state index contributed by atoms with van der Waals surface area (Å²) in [6.07, 6.45) is 4.02. The first-order chi connectivity index (χ1) is 13.3. The van der Waals surface area contributed by atoms with Crippen LogP contribution in [0.3, 0.4) is 0 Å². The zero-order chi connectivity index (χ0) is 18.6. The fourth-order valence-electron chi connectivity index (χ4n) is 3.41. The first kappa shape index (κ1) is 17.4. The number of aryl methyl sites for hydroxylation is 1. The van der Waals surface area contributed by atoms with Gasteiger partial charge in [-0.2, -0.15) is 0 Å². The molecule has 2 heterocycles. The third-order valence-electron chi connectivity index (χ3n) is 4.98. The van der Waals surface area contributed by atoms with Crippen LogP contribution in [-0.4, -0.2) is 28.4 Å². The summed E-state index contributed by atoms with van der Waals surface area (Å²) >= 11 is 0. The van der Waals surface area contributed by atoms with E-state index in [1.807, 2.05) is 36.4 Å². The number of para-hydroxylation sites is 1. The van der Waals surface area contributed by atoms with Gasteiger partial charge in [0.2, 0.25) is 0 Å². The molecule has 4 rings (SSSR count). The lowest BCUT2D eigenvalue weighted by Crippen LogP contribution is -2.22. The van der Waals surface area contributed by atoms with Gasteiger partial charge < -0.3 is 14.4 Å². The van der Waals surface area contributed by atoms with Crippen molar-refractivity contribution in [1.82, 2.24) is 9.55 Å². The Morgan fingerprint density at radius 1 is 1.15 bits per heavy atom. The van der Waals surface area contributed by atoms with Crippen molar-refractivity contribution < 1.29 is 9.84 Å². The van der Waals surface area contributed by atoms with E-state index in [-0.39, 0.29) is 6.61 Å². The molecule has 0 aliphatic carbocycles. The summed E-state index contributed by atoms with van der Waals surface area (Å²) in [7, 11) is 1.66. The Balaban J connectivity index is 1.54. The van der Waals surface area contributed by atoms with Crippen molar-refractivity contribution in [3.8, 4) is 28.8 Å². The topological polar surface area (TPSA) is 47.3 Å². The van der Waals surface area contributed by atoms with E-state index in [9.17, 15) is 5.11 Å². The molecule has 0 radical (unpaired) electrons. The quantitative estimate of drug-likeness (QED) is 0.729. The Labute approximate surface area is 159 Å². The van der Waals surface area contributed by atoms with Gasteiger partial charge in [-0.3, -0.25) is 0 Å². The molecular weight excluding hydrogens is 336 g/mol. The molecule has 4 heteroatoms. The number of rotatable bonds is 3. The second kappa shape index (κ2) is 7.69. The molecule has 1 aliphatic rings. The van der Waals surface area contributed by atoms with Crippen LogP contribution < -0.4 is 4.74 Å². The summed E-state index contributed by atoms with van der Waals surface area (Å²) in [4.78, 5) is 4.76. The van der Waals surface area contributed by atoms with E-state index in [1.54, 1.807) is 7.11 Å². The van der Waals surface area contributed by atoms with Gasteiger partial charge in [-0.15, -0.1) is 0 Å². The molecule has 4 nitrogen and oxygen atoms in total. The number of aliphatic hydroxyl groups is 1. The Kier molecular flexibility index (Phi) is 4.95.